The van der Waals surface area contributed by atoms with E-state index in [9.17, 15) is 4.79 Å². The number of aromatic nitrogens is 1. The molecule has 1 N–H and O–H groups in total. The number of hydrogen-bond acceptors (Lipinski definition) is 3. The molecule has 0 saturated carbocycles. The highest BCUT2D eigenvalue weighted by Crippen LogP contribution is 2.20. The lowest BCUT2D eigenvalue weighted by molar-refractivity contribution is -0.115. The molecule has 106 valence electrons. The highest BCUT2D eigenvalue weighted by atomic mass is 16.3. The van der Waals surface area contributed by atoms with E-state index in [1.54, 1.807) is 13.0 Å². The van der Waals surface area contributed by atoms with E-state index in [2.05, 4.69) is 10.3 Å². The lowest BCUT2D eigenvalue weighted by Gasteiger charge is -2.05. The summed E-state index contributed by atoms with van der Waals surface area (Å²) in [4.78, 5) is 16.3. The van der Waals surface area contributed by atoms with Crippen molar-refractivity contribution in [2.24, 2.45) is 0 Å². The first-order valence-corrected chi connectivity index (χ1v) is 6.83. The van der Waals surface area contributed by atoms with Crippen molar-refractivity contribution in [3.05, 3.63) is 59.5 Å². The predicted molar refractivity (Wildman–Crippen MR) is 82.3 cm³/mol. The third-order valence-corrected chi connectivity index (χ3v) is 3.23. The second-order valence-electron chi connectivity index (χ2n) is 5.13. The Hall–Kier alpha value is -2.62. The fourth-order valence-electron chi connectivity index (χ4n) is 2.33. The van der Waals surface area contributed by atoms with Crippen molar-refractivity contribution in [1.82, 2.24) is 4.98 Å². The Morgan fingerprint density at radius 3 is 2.86 bits per heavy atom. The molecular weight excluding hydrogens is 264 g/mol. The lowest BCUT2D eigenvalue weighted by atomic mass is 10.1. The molecule has 1 amide bonds. The van der Waals surface area contributed by atoms with Crippen LogP contribution in [0.5, 0.6) is 0 Å². The van der Waals surface area contributed by atoms with E-state index in [4.69, 9.17) is 4.42 Å². The number of nitrogens with zero attached hydrogens (tertiary/aromatic N) is 1. The number of anilines is 1. The molecule has 4 heteroatoms. The minimum absolute atomic E-state index is 0.0452. The predicted octanol–water partition coefficient (Wildman–Crippen LogP) is 3.63. The maximum atomic E-state index is 12.1. The number of nitrogens with one attached hydrogen (secondary N) is 1. The Kier molecular flexibility index (Phi) is 3.44. The molecule has 2 aromatic carbocycles. The Bertz CT molecular complexity index is 805. The number of oxazole rings is 1. The summed E-state index contributed by atoms with van der Waals surface area (Å²) in [5.41, 5.74) is 4.35. The maximum absolute atomic E-state index is 12.1. The molecule has 4 nitrogen and oxygen atoms in total. The third-order valence-electron chi connectivity index (χ3n) is 3.23. The fourth-order valence-corrected chi connectivity index (χ4v) is 2.33. The molecule has 0 fully saturated rings. The van der Waals surface area contributed by atoms with Crippen LogP contribution in [0.25, 0.3) is 11.1 Å². The molecule has 0 radical (unpaired) electrons. The van der Waals surface area contributed by atoms with Crippen LogP contribution < -0.4 is 5.32 Å². The monoisotopic (exact) mass is 280 g/mol. The van der Waals surface area contributed by atoms with Gasteiger partial charge in [0.1, 0.15) is 5.52 Å². The Labute approximate surface area is 122 Å². The van der Waals surface area contributed by atoms with Gasteiger partial charge in [-0.15, -0.1) is 0 Å². The van der Waals surface area contributed by atoms with Crippen molar-refractivity contribution >= 4 is 22.7 Å². The zero-order valence-electron chi connectivity index (χ0n) is 12.0. The molecule has 0 aliphatic heterocycles. The van der Waals surface area contributed by atoms with Crippen LogP contribution in [0, 0.1) is 13.8 Å². The first-order chi connectivity index (χ1) is 10.1. The van der Waals surface area contributed by atoms with Crippen LogP contribution in [-0.2, 0) is 11.2 Å². The first kappa shape index (κ1) is 13.4. The van der Waals surface area contributed by atoms with Crippen LogP contribution in [0.2, 0.25) is 0 Å². The van der Waals surface area contributed by atoms with Gasteiger partial charge in [-0.3, -0.25) is 4.79 Å². The van der Waals surface area contributed by atoms with Crippen LogP contribution >= 0.6 is 0 Å². The summed E-state index contributed by atoms with van der Waals surface area (Å²) in [5.74, 6) is 0.574. The number of carbonyl (C=O) groups is 1. The zero-order chi connectivity index (χ0) is 14.8. The fraction of sp³-hybridized carbons (Fsp3) is 0.176. The smallest absolute Gasteiger partial charge is 0.228 e. The highest BCUT2D eigenvalue weighted by Gasteiger charge is 2.07. The quantitative estimate of drug-likeness (QED) is 0.797. The average Bonchev–Trinajstić information content (AvgIpc) is 2.78. The minimum atomic E-state index is -0.0452. The van der Waals surface area contributed by atoms with Gasteiger partial charge >= 0.3 is 0 Å². The molecule has 21 heavy (non-hydrogen) atoms. The van der Waals surface area contributed by atoms with E-state index in [0.29, 0.717) is 17.9 Å². The summed E-state index contributed by atoms with van der Waals surface area (Å²) in [6.45, 7) is 3.82. The van der Waals surface area contributed by atoms with Gasteiger partial charge in [0.15, 0.2) is 11.5 Å². The summed E-state index contributed by atoms with van der Waals surface area (Å²) >= 11 is 0. The molecular formula is C17H16N2O2. The standard InChI is InChI=1S/C17H16N2O2/c1-11-4-3-5-13(8-11)9-17(20)19-14-6-7-15-16(10-14)21-12(2)18-15/h3-8,10H,9H2,1-2H3,(H,19,20). The molecule has 0 bridgehead atoms. The molecule has 0 saturated heterocycles. The first-order valence-electron chi connectivity index (χ1n) is 6.83. The van der Waals surface area contributed by atoms with Gasteiger partial charge < -0.3 is 9.73 Å². The lowest BCUT2D eigenvalue weighted by Crippen LogP contribution is -2.14. The van der Waals surface area contributed by atoms with Crippen molar-refractivity contribution in [1.29, 1.82) is 0 Å². The second kappa shape index (κ2) is 5.40. The van der Waals surface area contributed by atoms with Crippen molar-refractivity contribution < 1.29 is 9.21 Å². The van der Waals surface area contributed by atoms with Crippen molar-refractivity contribution in [2.75, 3.05) is 5.32 Å². The van der Waals surface area contributed by atoms with E-state index < -0.39 is 0 Å². The molecule has 0 spiro atoms. The summed E-state index contributed by atoms with van der Waals surface area (Å²) in [7, 11) is 0. The summed E-state index contributed by atoms with van der Waals surface area (Å²) in [6, 6.07) is 13.4. The van der Waals surface area contributed by atoms with E-state index in [1.807, 2.05) is 43.3 Å². The Balaban J connectivity index is 1.73. The summed E-state index contributed by atoms with van der Waals surface area (Å²) in [6.07, 6.45) is 0.356. The summed E-state index contributed by atoms with van der Waals surface area (Å²) in [5, 5.41) is 2.88. The number of hydrogen-bond donors (Lipinski definition) is 1. The number of carbonyl (C=O) groups excluding carboxylic acids is 1. The van der Waals surface area contributed by atoms with Crippen LogP contribution in [0.4, 0.5) is 5.69 Å². The van der Waals surface area contributed by atoms with E-state index >= 15 is 0 Å². The minimum Gasteiger partial charge on any atom is -0.441 e. The largest absolute Gasteiger partial charge is 0.441 e. The topological polar surface area (TPSA) is 55.1 Å². The SMILES string of the molecule is Cc1cccc(CC(=O)Nc2ccc3nc(C)oc3c2)c1. The van der Waals surface area contributed by atoms with Crippen LogP contribution in [0.1, 0.15) is 17.0 Å². The Morgan fingerprint density at radius 2 is 2.05 bits per heavy atom. The molecule has 1 aromatic heterocycles. The maximum Gasteiger partial charge on any atom is 0.228 e. The van der Waals surface area contributed by atoms with Crippen LogP contribution in [0.3, 0.4) is 0 Å². The van der Waals surface area contributed by atoms with Gasteiger partial charge in [-0.05, 0) is 24.6 Å². The molecule has 3 rings (SSSR count). The molecule has 0 unspecified atom stereocenters. The van der Waals surface area contributed by atoms with Crippen LogP contribution in [0.15, 0.2) is 46.9 Å². The Morgan fingerprint density at radius 1 is 1.19 bits per heavy atom. The van der Waals surface area contributed by atoms with Crippen molar-refractivity contribution in [3.8, 4) is 0 Å². The molecule has 1 heterocycles. The number of rotatable bonds is 3. The number of aryl methyl sites for hydroxylation is 2. The van der Waals surface area contributed by atoms with Gasteiger partial charge in [-0.2, -0.15) is 0 Å². The molecule has 3 aromatic rings. The zero-order valence-corrected chi connectivity index (χ0v) is 12.0. The third kappa shape index (κ3) is 3.11. The van der Waals surface area contributed by atoms with Gasteiger partial charge in [-0.25, -0.2) is 4.98 Å². The normalized spacial score (nSPS) is 10.8. The van der Waals surface area contributed by atoms with Gasteiger partial charge in [0.25, 0.3) is 0 Å². The van der Waals surface area contributed by atoms with Gasteiger partial charge in [-0.1, -0.05) is 29.8 Å². The molecule has 0 atom stereocenters. The molecule has 0 aliphatic carbocycles. The van der Waals surface area contributed by atoms with Crippen molar-refractivity contribution in [3.63, 3.8) is 0 Å². The van der Waals surface area contributed by atoms with E-state index in [1.165, 1.54) is 0 Å². The van der Waals surface area contributed by atoms with Gasteiger partial charge in [0, 0.05) is 18.7 Å². The van der Waals surface area contributed by atoms with Gasteiger partial charge in [0.2, 0.25) is 5.91 Å². The van der Waals surface area contributed by atoms with E-state index in [0.717, 1.165) is 22.3 Å². The average molecular weight is 280 g/mol. The number of amides is 1. The summed E-state index contributed by atoms with van der Waals surface area (Å²) < 4.78 is 5.46. The van der Waals surface area contributed by atoms with Crippen LogP contribution in [-0.4, -0.2) is 10.9 Å². The second-order valence-corrected chi connectivity index (χ2v) is 5.13. The van der Waals surface area contributed by atoms with Gasteiger partial charge in [0.05, 0.1) is 6.42 Å². The number of benzene rings is 2. The highest BCUT2D eigenvalue weighted by molar-refractivity contribution is 5.94. The van der Waals surface area contributed by atoms with E-state index in [-0.39, 0.29) is 5.91 Å². The van der Waals surface area contributed by atoms with Crippen molar-refractivity contribution in [2.45, 2.75) is 20.3 Å². The molecule has 0 aliphatic rings. The number of fused-ring (bicyclic) bond motifs is 1.